The SMILES string of the molecule is C#Cc1ccc(C(CCC)CCC(CC)CCC)cc1. The lowest BCUT2D eigenvalue weighted by atomic mass is 9.85. The fourth-order valence-electron chi connectivity index (χ4n) is 3.08. The number of hydrogen-bond acceptors (Lipinski definition) is 0. The molecule has 0 saturated carbocycles. The van der Waals surface area contributed by atoms with Crippen LogP contribution >= 0.6 is 0 Å². The minimum Gasteiger partial charge on any atom is -0.115 e. The van der Waals surface area contributed by atoms with Gasteiger partial charge in [0.15, 0.2) is 0 Å². The zero-order valence-corrected chi connectivity index (χ0v) is 13.5. The second kappa shape index (κ2) is 9.65. The van der Waals surface area contributed by atoms with Crippen LogP contribution in [-0.4, -0.2) is 0 Å². The fraction of sp³-hybridized carbons (Fsp3) is 0.600. The lowest BCUT2D eigenvalue weighted by Crippen LogP contribution is -2.04. The first-order valence-corrected chi connectivity index (χ1v) is 8.31. The topological polar surface area (TPSA) is 0 Å². The third kappa shape index (κ3) is 5.41. The van der Waals surface area contributed by atoms with Gasteiger partial charge in [0.1, 0.15) is 0 Å². The highest BCUT2D eigenvalue weighted by molar-refractivity contribution is 5.35. The predicted molar refractivity (Wildman–Crippen MR) is 89.9 cm³/mol. The van der Waals surface area contributed by atoms with Gasteiger partial charge in [0.05, 0.1) is 0 Å². The first kappa shape index (κ1) is 16.8. The maximum absolute atomic E-state index is 5.43. The fourth-order valence-corrected chi connectivity index (χ4v) is 3.08. The summed E-state index contributed by atoms with van der Waals surface area (Å²) in [5.74, 6) is 4.31. The summed E-state index contributed by atoms with van der Waals surface area (Å²) < 4.78 is 0. The Morgan fingerprint density at radius 2 is 1.55 bits per heavy atom. The van der Waals surface area contributed by atoms with Crippen LogP contribution in [-0.2, 0) is 0 Å². The molecule has 0 bridgehead atoms. The van der Waals surface area contributed by atoms with Crippen LogP contribution < -0.4 is 0 Å². The zero-order valence-electron chi connectivity index (χ0n) is 13.5. The van der Waals surface area contributed by atoms with Gasteiger partial charge in [0.25, 0.3) is 0 Å². The summed E-state index contributed by atoms with van der Waals surface area (Å²) in [5.41, 5.74) is 2.46. The summed E-state index contributed by atoms with van der Waals surface area (Å²) in [5, 5.41) is 0. The third-order valence-corrected chi connectivity index (χ3v) is 4.38. The molecule has 0 N–H and O–H groups in total. The molecule has 0 aromatic heterocycles. The molecule has 0 fully saturated rings. The number of benzene rings is 1. The van der Waals surface area contributed by atoms with Crippen molar-refractivity contribution in [3.63, 3.8) is 0 Å². The Kier molecular flexibility index (Phi) is 8.12. The van der Waals surface area contributed by atoms with Crippen LogP contribution in [0, 0.1) is 18.3 Å². The van der Waals surface area contributed by atoms with E-state index in [1.165, 1.54) is 50.5 Å². The van der Waals surface area contributed by atoms with Crippen molar-refractivity contribution in [2.24, 2.45) is 5.92 Å². The molecular formula is C20H30. The van der Waals surface area contributed by atoms with E-state index in [-0.39, 0.29) is 0 Å². The molecule has 1 rings (SSSR count). The summed E-state index contributed by atoms with van der Waals surface area (Å²) >= 11 is 0. The van der Waals surface area contributed by atoms with Crippen LogP contribution in [0.25, 0.3) is 0 Å². The van der Waals surface area contributed by atoms with E-state index in [2.05, 4.69) is 51.0 Å². The van der Waals surface area contributed by atoms with Gasteiger partial charge in [-0.1, -0.05) is 64.5 Å². The molecule has 0 radical (unpaired) electrons. The van der Waals surface area contributed by atoms with E-state index in [0.717, 1.165) is 11.5 Å². The van der Waals surface area contributed by atoms with Crippen molar-refractivity contribution >= 4 is 0 Å². The second-order valence-corrected chi connectivity index (χ2v) is 5.89. The van der Waals surface area contributed by atoms with Crippen molar-refractivity contribution in [1.29, 1.82) is 0 Å². The Morgan fingerprint density at radius 1 is 0.900 bits per heavy atom. The van der Waals surface area contributed by atoms with Gasteiger partial charge in [-0.3, -0.25) is 0 Å². The highest BCUT2D eigenvalue weighted by Crippen LogP contribution is 2.30. The smallest absolute Gasteiger partial charge is 0.0242 e. The molecule has 110 valence electrons. The molecule has 0 nitrogen and oxygen atoms in total. The van der Waals surface area contributed by atoms with Crippen LogP contribution in [0.3, 0.4) is 0 Å². The zero-order chi connectivity index (χ0) is 14.8. The Hall–Kier alpha value is -1.22. The van der Waals surface area contributed by atoms with Crippen molar-refractivity contribution in [1.82, 2.24) is 0 Å². The van der Waals surface area contributed by atoms with E-state index in [9.17, 15) is 0 Å². The Balaban J connectivity index is 2.65. The largest absolute Gasteiger partial charge is 0.115 e. The van der Waals surface area contributed by atoms with Crippen LogP contribution in [0.5, 0.6) is 0 Å². The van der Waals surface area contributed by atoms with E-state index in [1.807, 2.05) is 0 Å². The number of rotatable bonds is 9. The van der Waals surface area contributed by atoms with Crippen LogP contribution in [0.15, 0.2) is 24.3 Å². The van der Waals surface area contributed by atoms with Gasteiger partial charge in [0.2, 0.25) is 0 Å². The van der Waals surface area contributed by atoms with Gasteiger partial charge >= 0.3 is 0 Å². The molecule has 1 aromatic rings. The number of terminal acetylenes is 1. The minimum absolute atomic E-state index is 0.706. The van der Waals surface area contributed by atoms with Crippen molar-refractivity contribution in [3.8, 4) is 12.3 Å². The first-order valence-electron chi connectivity index (χ1n) is 8.31. The molecule has 0 aliphatic rings. The van der Waals surface area contributed by atoms with Crippen molar-refractivity contribution < 1.29 is 0 Å². The maximum atomic E-state index is 5.43. The molecule has 2 unspecified atom stereocenters. The molecule has 20 heavy (non-hydrogen) atoms. The number of hydrogen-bond donors (Lipinski definition) is 0. The molecule has 0 aliphatic heterocycles. The standard InChI is InChI=1S/C20H30/c1-5-9-17(7-3)11-14-19(10-6-2)20-15-12-18(8-4)13-16-20/h4,12-13,15-17,19H,5-7,9-11,14H2,1-3H3. The molecule has 1 aromatic carbocycles. The molecule has 0 aliphatic carbocycles. The van der Waals surface area contributed by atoms with E-state index >= 15 is 0 Å². The summed E-state index contributed by atoms with van der Waals surface area (Å²) in [6.07, 6.45) is 14.7. The van der Waals surface area contributed by atoms with E-state index in [4.69, 9.17) is 6.42 Å². The van der Waals surface area contributed by atoms with Crippen LogP contribution in [0.2, 0.25) is 0 Å². The van der Waals surface area contributed by atoms with Gasteiger partial charge in [-0.05, 0) is 48.8 Å². The van der Waals surface area contributed by atoms with Crippen LogP contribution in [0.4, 0.5) is 0 Å². The van der Waals surface area contributed by atoms with E-state index in [0.29, 0.717) is 5.92 Å². The van der Waals surface area contributed by atoms with Crippen molar-refractivity contribution in [3.05, 3.63) is 35.4 Å². The molecule has 0 amide bonds. The monoisotopic (exact) mass is 270 g/mol. The average molecular weight is 270 g/mol. The summed E-state index contributed by atoms with van der Waals surface area (Å²) in [6, 6.07) is 8.63. The highest BCUT2D eigenvalue weighted by atomic mass is 14.2. The lowest BCUT2D eigenvalue weighted by Gasteiger charge is -2.20. The van der Waals surface area contributed by atoms with Gasteiger partial charge in [-0.2, -0.15) is 0 Å². The molecule has 0 heteroatoms. The Bertz CT molecular complexity index is 393. The van der Waals surface area contributed by atoms with E-state index < -0.39 is 0 Å². The van der Waals surface area contributed by atoms with Gasteiger partial charge in [-0.25, -0.2) is 0 Å². The first-order chi connectivity index (χ1) is 9.74. The molecule has 0 heterocycles. The van der Waals surface area contributed by atoms with Gasteiger partial charge < -0.3 is 0 Å². The molecular weight excluding hydrogens is 240 g/mol. The normalized spacial score (nSPS) is 13.7. The molecule has 0 spiro atoms. The summed E-state index contributed by atoms with van der Waals surface area (Å²) in [4.78, 5) is 0. The van der Waals surface area contributed by atoms with Crippen molar-refractivity contribution in [2.45, 2.75) is 71.6 Å². The molecule has 0 saturated heterocycles. The van der Waals surface area contributed by atoms with Gasteiger partial charge in [0, 0.05) is 5.56 Å². The predicted octanol–water partition coefficient (Wildman–Crippen LogP) is 6.16. The Morgan fingerprint density at radius 3 is 2.05 bits per heavy atom. The summed E-state index contributed by atoms with van der Waals surface area (Å²) in [7, 11) is 0. The summed E-state index contributed by atoms with van der Waals surface area (Å²) in [6.45, 7) is 6.91. The van der Waals surface area contributed by atoms with Gasteiger partial charge in [-0.15, -0.1) is 6.42 Å². The van der Waals surface area contributed by atoms with Crippen LogP contribution in [0.1, 0.15) is 82.8 Å². The third-order valence-electron chi connectivity index (χ3n) is 4.38. The minimum atomic E-state index is 0.706. The average Bonchev–Trinajstić information content (AvgIpc) is 2.50. The second-order valence-electron chi connectivity index (χ2n) is 5.89. The Labute approximate surface area is 126 Å². The molecule has 2 atom stereocenters. The maximum Gasteiger partial charge on any atom is 0.0242 e. The lowest BCUT2D eigenvalue weighted by molar-refractivity contribution is 0.392. The van der Waals surface area contributed by atoms with E-state index in [1.54, 1.807) is 0 Å². The van der Waals surface area contributed by atoms with Crippen molar-refractivity contribution in [2.75, 3.05) is 0 Å². The highest BCUT2D eigenvalue weighted by Gasteiger charge is 2.13. The quantitative estimate of drug-likeness (QED) is 0.471.